The van der Waals surface area contributed by atoms with Crippen molar-refractivity contribution in [1.29, 1.82) is 0 Å². The zero-order chi connectivity index (χ0) is 12.3. The molecule has 0 aliphatic carbocycles. The van der Waals surface area contributed by atoms with Gasteiger partial charge in [0, 0.05) is 39.1 Å². The van der Waals surface area contributed by atoms with Crippen molar-refractivity contribution in [2.24, 2.45) is 5.73 Å². The van der Waals surface area contributed by atoms with E-state index in [4.69, 9.17) is 10.5 Å². The molecule has 0 amide bonds. The third-order valence-corrected chi connectivity index (χ3v) is 2.45. The number of likely N-dealkylation sites (N-methyl/N-ethyl adjacent to an activating group) is 1. The molecule has 92 valence electrons. The van der Waals surface area contributed by atoms with Crippen molar-refractivity contribution in [3.63, 3.8) is 0 Å². The van der Waals surface area contributed by atoms with Gasteiger partial charge in [-0.2, -0.15) is 0 Å². The summed E-state index contributed by atoms with van der Waals surface area (Å²) in [7, 11) is 3.56. The molecule has 0 aromatic carbocycles. The highest BCUT2D eigenvalue weighted by atomic mass is 16.5. The van der Waals surface area contributed by atoms with E-state index in [-0.39, 0.29) is 6.04 Å². The Balaban J connectivity index is 2.18. The number of nitrogens with two attached hydrogens (primary N) is 1. The molecule has 0 aliphatic rings. The van der Waals surface area contributed by atoms with Gasteiger partial charge >= 0.3 is 0 Å². The normalized spacial score (nSPS) is 12.9. The standard InChI is InChI=1S/C10H16N6O/c1-15(5-8(11)6-17-2)9-10-14-13-7-16(10)4-3-12-9/h3-4,7-8H,5-6,11H2,1-2H3. The summed E-state index contributed by atoms with van der Waals surface area (Å²) in [5, 5.41) is 7.88. The minimum absolute atomic E-state index is 0.0602. The lowest BCUT2D eigenvalue weighted by molar-refractivity contribution is 0.181. The van der Waals surface area contributed by atoms with Crippen molar-refractivity contribution >= 4 is 11.5 Å². The molecule has 2 N–H and O–H groups in total. The first kappa shape index (κ1) is 11.7. The van der Waals surface area contributed by atoms with E-state index in [1.165, 1.54) is 0 Å². The number of anilines is 1. The second-order valence-corrected chi connectivity index (χ2v) is 3.91. The Labute approximate surface area is 99.2 Å². The Hall–Kier alpha value is -1.73. The highest BCUT2D eigenvalue weighted by Gasteiger charge is 2.12. The lowest BCUT2D eigenvalue weighted by Crippen LogP contribution is -2.38. The molecule has 0 bridgehead atoms. The fourth-order valence-electron chi connectivity index (χ4n) is 1.72. The molecule has 0 fully saturated rings. The number of hydrogen-bond acceptors (Lipinski definition) is 6. The topological polar surface area (TPSA) is 81.6 Å². The van der Waals surface area contributed by atoms with Gasteiger partial charge in [0.2, 0.25) is 5.65 Å². The van der Waals surface area contributed by atoms with Crippen LogP contribution in [0.1, 0.15) is 0 Å². The molecule has 0 radical (unpaired) electrons. The van der Waals surface area contributed by atoms with E-state index in [0.717, 1.165) is 11.5 Å². The molecular formula is C10H16N6O. The molecule has 0 spiro atoms. The maximum Gasteiger partial charge on any atom is 0.203 e. The van der Waals surface area contributed by atoms with Crippen LogP contribution in [0.25, 0.3) is 5.65 Å². The lowest BCUT2D eigenvalue weighted by atomic mass is 10.3. The predicted octanol–water partition coefficient (Wildman–Crippen LogP) is -0.466. The van der Waals surface area contributed by atoms with Crippen LogP contribution >= 0.6 is 0 Å². The zero-order valence-electron chi connectivity index (χ0n) is 9.95. The molecule has 2 rings (SSSR count). The zero-order valence-corrected chi connectivity index (χ0v) is 9.95. The number of fused-ring (bicyclic) bond motifs is 1. The number of nitrogens with zero attached hydrogens (tertiary/aromatic N) is 5. The fourth-order valence-corrected chi connectivity index (χ4v) is 1.72. The van der Waals surface area contributed by atoms with Crippen LogP contribution in [-0.4, -0.2) is 52.9 Å². The molecular weight excluding hydrogens is 220 g/mol. The summed E-state index contributed by atoms with van der Waals surface area (Å²) in [4.78, 5) is 6.25. The molecule has 2 heterocycles. The van der Waals surface area contributed by atoms with Crippen LogP contribution in [0.4, 0.5) is 5.82 Å². The highest BCUT2D eigenvalue weighted by molar-refractivity contribution is 5.62. The van der Waals surface area contributed by atoms with Crippen LogP contribution in [0.15, 0.2) is 18.7 Å². The maximum absolute atomic E-state index is 5.90. The average molecular weight is 236 g/mol. The first-order valence-corrected chi connectivity index (χ1v) is 5.32. The summed E-state index contributed by atoms with van der Waals surface area (Å²) < 4.78 is 6.83. The molecule has 0 saturated heterocycles. The molecule has 17 heavy (non-hydrogen) atoms. The van der Waals surface area contributed by atoms with Gasteiger partial charge in [0.05, 0.1) is 6.61 Å². The Bertz CT molecular complexity index is 484. The molecule has 1 unspecified atom stereocenters. The van der Waals surface area contributed by atoms with E-state index >= 15 is 0 Å². The van der Waals surface area contributed by atoms with Crippen LogP contribution < -0.4 is 10.6 Å². The van der Waals surface area contributed by atoms with E-state index in [9.17, 15) is 0 Å². The minimum atomic E-state index is -0.0602. The van der Waals surface area contributed by atoms with E-state index < -0.39 is 0 Å². The second-order valence-electron chi connectivity index (χ2n) is 3.91. The van der Waals surface area contributed by atoms with Gasteiger partial charge in [-0.15, -0.1) is 10.2 Å². The van der Waals surface area contributed by atoms with Gasteiger partial charge in [0.25, 0.3) is 0 Å². The minimum Gasteiger partial charge on any atom is -0.383 e. The quantitative estimate of drug-likeness (QED) is 0.756. The average Bonchev–Trinajstić information content (AvgIpc) is 2.76. The lowest BCUT2D eigenvalue weighted by Gasteiger charge is -2.21. The smallest absolute Gasteiger partial charge is 0.203 e. The van der Waals surface area contributed by atoms with Crippen molar-refractivity contribution in [3.05, 3.63) is 18.7 Å². The number of rotatable bonds is 5. The molecule has 0 saturated carbocycles. The van der Waals surface area contributed by atoms with Crippen LogP contribution in [0.2, 0.25) is 0 Å². The SMILES string of the molecule is COCC(N)CN(C)c1nccn2cnnc12. The van der Waals surface area contributed by atoms with Gasteiger partial charge in [-0.05, 0) is 0 Å². The van der Waals surface area contributed by atoms with Crippen molar-refractivity contribution in [3.8, 4) is 0 Å². The summed E-state index contributed by atoms with van der Waals surface area (Å²) in [6.07, 6.45) is 5.16. The van der Waals surface area contributed by atoms with Crippen molar-refractivity contribution < 1.29 is 4.74 Å². The van der Waals surface area contributed by atoms with Crippen LogP contribution in [0.3, 0.4) is 0 Å². The van der Waals surface area contributed by atoms with Gasteiger partial charge in [0.1, 0.15) is 6.33 Å². The summed E-state index contributed by atoms with van der Waals surface area (Å²) in [5.74, 6) is 0.761. The first-order valence-electron chi connectivity index (χ1n) is 5.32. The molecule has 1 atom stereocenters. The van der Waals surface area contributed by atoms with Crippen molar-refractivity contribution in [2.45, 2.75) is 6.04 Å². The largest absolute Gasteiger partial charge is 0.383 e. The summed E-state index contributed by atoms with van der Waals surface area (Å²) >= 11 is 0. The van der Waals surface area contributed by atoms with Gasteiger partial charge in [0.15, 0.2) is 5.82 Å². The van der Waals surface area contributed by atoms with E-state index in [1.807, 2.05) is 22.5 Å². The molecule has 7 nitrogen and oxygen atoms in total. The van der Waals surface area contributed by atoms with Crippen LogP contribution in [0.5, 0.6) is 0 Å². The Morgan fingerprint density at radius 1 is 1.59 bits per heavy atom. The van der Waals surface area contributed by atoms with Crippen molar-refractivity contribution in [1.82, 2.24) is 19.6 Å². The summed E-state index contributed by atoms with van der Waals surface area (Å²) in [6.45, 7) is 1.16. The predicted molar refractivity (Wildman–Crippen MR) is 63.9 cm³/mol. The molecule has 2 aromatic heterocycles. The first-order chi connectivity index (χ1) is 8.22. The third kappa shape index (κ3) is 2.51. The summed E-state index contributed by atoms with van der Waals surface area (Å²) in [5.41, 5.74) is 6.63. The van der Waals surface area contributed by atoms with E-state index in [1.54, 1.807) is 19.6 Å². The maximum atomic E-state index is 5.90. The number of aromatic nitrogens is 4. The van der Waals surface area contributed by atoms with Gasteiger partial charge in [-0.25, -0.2) is 4.98 Å². The second kappa shape index (κ2) is 5.07. The fraction of sp³-hybridized carbons (Fsp3) is 0.500. The molecule has 2 aromatic rings. The van der Waals surface area contributed by atoms with E-state index in [0.29, 0.717) is 13.2 Å². The van der Waals surface area contributed by atoms with E-state index in [2.05, 4.69) is 15.2 Å². The summed E-state index contributed by atoms with van der Waals surface area (Å²) in [6, 6.07) is -0.0602. The van der Waals surface area contributed by atoms with Crippen molar-refractivity contribution in [2.75, 3.05) is 32.2 Å². The highest BCUT2D eigenvalue weighted by Crippen LogP contribution is 2.14. The third-order valence-electron chi connectivity index (χ3n) is 2.45. The Morgan fingerprint density at radius 3 is 3.18 bits per heavy atom. The van der Waals surface area contributed by atoms with Gasteiger partial charge in [-0.3, -0.25) is 4.40 Å². The van der Waals surface area contributed by atoms with Gasteiger partial charge < -0.3 is 15.4 Å². The monoisotopic (exact) mass is 236 g/mol. The molecule has 0 aliphatic heterocycles. The number of methoxy groups -OCH3 is 1. The van der Waals surface area contributed by atoms with Crippen LogP contribution in [-0.2, 0) is 4.74 Å². The Kier molecular flexibility index (Phi) is 3.50. The van der Waals surface area contributed by atoms with Crippen LogP contribution in [0, 0.1) is 0 Å². The van der Waals surface area contributed by atoms with Gasteiger partial charge in [-0.1, -0.05) is 0 Å². The molecule has 7 heteroatoms. The number of hydrogen-bond donors (Lipinski definition) is 1. The number of ether oxygens (including phenoxy) is 1. The Morgan fingerprint density at radius 2 is 2.41 bits per heavy atom.